The number of amides is 1. The molecule has 0 N–H and O–H groups in total. The molecule has 0 radical (unpaired) electrons. The normalized spacial score (nSPS) is 19.6. The summed E-state index contributed by atoms with van der Waals surface area (Å²) in [5.74, 6) is 0.695. The number of pyridine rings is 1. The first-order valence-corrected chi connectivity index (χ1v) is 6.94. The topological polar surface area (TPSA) is 33.2 Å². The minimum Gasteiger partial charge on any atom is -0.338 e. The molecule has 0 spiro atoms. The highest BCUT2D eigenvalue weighted by Gasteiger charge is 2.29. The summed E-state index contributed by atoms with van der Waals surface area (Å²) < 4.78 is 0. The van der Waals surface area contributed by atoms with Gasteiger partial charge in [0.25, 0.3) is 0 Å². The molecule has 1 aromatic rings. The summed E-state index contributed by atoms with van der Waals surface area (Å²) in [6, 6.07) is 3.53. The zero-order valence-corrected chi connectivity index (χ0v) is 11.8. The van der Waals surface area contributed by atoms with Crippen LogP contribution in [-0.4, -0.2) is 22.3 Å². The van der Waals surface area contributed by atoms with E-state index < -0.39 is 0 Å². The van der Waals surface area contributed by atoms with Gasteiger partial charge in [0.1, 0.15) is 10.3 Å². The minimum absolute atomic E-state index is 0.208. The molecule has 1 aromatic heterocycles. The van der Waals surface area contributed by atoms with Crippen LogP contribution in [0.2, 0.25) is 10.3 Å². The molecule has 1 saturated heterocycles. The Morgan fingerprint density at radius 2 is 2.22 bits per heavy atom. The number of carbonyl (C=O) groups excluding carboxylic acids is 1. The maximum atomic E-state index is 11.9. The number of likely N-dealkylation sites (tertiary alicyclic amines) is 1. The predicted octanol–water partition coefficient (Wildman–Crippen LogP) is 3.54. The molecular formula is C13H16Cl2N2O. The third-order valence-electron chi connectivity index (χ3n) is 3.24. The van der Waals surface area contributed by atoms with Crippen LogP contribution in [0.15, 0.2) is 12.1 Å². The van der Waals surface area contributed by atoms with Gasteiger partial charge in [0, 0.05) is 25.1 Å². The lowest BCUT2D eigenvalue weighted by molar-refractivity contribution is -0.128. The van der Waals surface area contributed by atoms with E-state index in [2.05, 4.69) is 11.9 Å². The molecule has 3 nitrogen and oxygen atoms in total. The highest BCUT2D eigenvalue weighted by Crippen LogP contribution is 2.25. The Bertz CT molecular complexity index is 451. The molecule has 0 saturated carbocycles. The highest BCUT2D eigenvalue weighted by atomic mass is 35.5. The summed E-state index contributed by atoms with van der Waals surface area (Å²) in [7, 11) is 0. The number of nitrogens with zero attached hydrogens (tertiary/aromatic N) is 2. The van der Waals surface area contributed by atoms with Crippen molar-refractivity contribution < 1.29 is 4.79 Å². The fourth-order valence-electron chi connectivity index (χ4n) is 2.37. The molecule has 1 unspecified atom stereocenters. The van der Waals surface area contributed by atoms with Crippen LogP contribution in [0.3, 0.4) is 0 Å². The number of aromatic nitrogens is 1. The molecule has 5 heteroatoms. The van der Waals surface area contributed by atoms with Crippen molar-refractivity contribution >= 4 is 29.1 Å². The summed E-state index contributed by atoms with van der Waals surface area (Å²) in [5.41, 5.74) is 0.853. The molecule has 1 fully saturated rings. The number of carbonyl (C=O) groups is 1. The first-order valence-electron chi connectivity index (χ1n) is 6.19. The molecular weight excluding hydrogens is 271 g/mol. The van der Waals surface area contributed by atoms with E-state index in [1.165, 1.54) is 0 Å². The van der Waals surface area contributed by atoms with Gasteiger partial charge < -0.3 is 4.90 Å². The molecule has 1 aliphatic rings. The van der Waals surface area contributed by atoms with E-state index in [0.717, 1.165) is 24.9 Å². The molecule has 0 aromatic carbocycles. The van der Waals surface area contributed by atoms with Crippen LogP contribution >= 0.6 is 23.2 Å². The molecule has 1 aliphatic heterocycles. The van der Waals surface area contributed by atoms with E-state index in [1.54, 1.807) is 6.07 Å². The lowest BCUT2D eigenvalue weighted by atomic mass is 10.0. The number of hydrogen-bond donors (Lipinski definition) is 0. The van der Waals surface area contributed by atoms with Crippen LogP contribution in [0.4, 0.5) is 0 Å². The zero-order valence-electron chi connectivity index (χ0n) is 10.3. The van der Waals surface area contributed by atoms with Crippen molar-refractivity contribution in [2.75, 3.05) is 6.54 Å². The maximum Gasteiger partial charge on any atom is 0.223 e. The second kappa shape index (κ2) is 5.89. The van der Waals surface area contributed by atoms with Crippen LogP contribution in [0.5, 0.6) is 0 Å². The average Bonchev–Trinajstić information content (AvgIpc) is 2.64. The summed E-state index contributed by atoms with van der Waals surface area (Å²) in [5, 5.41) is 0.759. The molecule has 2 rings (SSSR count). The SMILES string of the molecule is CCCC1CC(=O)N(Cc2ccc(Cl)nc2Cl)C1. The Kier molecular flexibility index (Phi) is 4.46. The van der Waals surface area contributed by atoms with Gasteiger partial charge in [-0.1, -0.05) is 42.6 Å². The summed E-state index contributed by atoms with van der Waals surface area (Å²) in [4.78, 5) is 17.7. The highest BCUT2D eigenvalue weighted by molar-refractivity contribution is 6.32. The van der Waals surface area contributed by atoms with Gasteiger partial charge in [-0.2, -0.15) is 0 Å². The Morgan fingerprint density at radius 3 is 2.89 bits per heavy atom. The van der Waals surface area contributed by atoms with Gasteiger partial charge in [0.15, 0.2) is 0 Å². The lowest BCUT2D eigenvalue weighted by Gasteiger charge is -2.17. The molecule has 2 heterocycles. The fraction of sp³-hybridized carbons (Fsp3) is 0.538. The quantitative estimate of drug-likeness (QED) is 0.794. The Balaban J connectivity index is 2.03. The lowest BCUT2D eigenvalue weighted by Crippen LogP contribution is -2.24. The van der Waals surface area contributed by atoms with E-state index in [9.17, 15) is 4.79 Å². The Morgan fingerprint density at radius 1 is 1.44 bits per heavy atom. The summed E-state index contributed by atoms with van der Waals surface area (Å²) in [6.07, 6.45) is 2.89. The van der Waals surface area contributed by atoms with E-state index in [-0.39, 0.29) is 5.91 Å². The van der Waals surface area contributed by atoms with Crippen molar-refractivity contribution in [3.8, 4) is 0 Å². The van der Waals surface area contributed by atoms with Gasteiger partial charge in [0.05, 0.1) is 0 Å². The molecule has 1 atom stereocenters. The van der Waals surface area contributed by atoms with Crippen molar-refractivity contribution in [3.05, 3.63) is 28.0 Å². The van der Waals surface area contributed by atoms with Crippen LogP contribution in [0, 0.1) is 5.92 Å². The van der Waals surface area contributed by atoms with Gasteiger partial charge in [-0.15, -0.1) is 0 Å². The molecule has 1 amide bonds. The van der Waals surface area contributed by atoms with E-state index >= 15 is 0 Å². The van der Waals surface area contributed by atoms with Crippen LogP contribution in [0.25, 0.3) is 0 Å². The minimum atomic E-state index is 0.208. The number of halogens is 2. The standard InChI is InChI=1S/C13H16Cl2N2O/c1-2-3-9-6-12(18)17(7-9)8-10-4-5-11(14)16-13(10)15/h4-5,9H,2-3,6-8H2,1H3. The Hall–Kier alpha value is -0.800. The Labute approximate surface area is 117 Å². The van der Waals surface area contributed by atoms with Crippen LogP contribution in [-0.2, 0) is 11.3 Å². The van der Waals surface area contributed by atoms with Crippen molar-refractivity contribution in [1.82, 2.24) is 9.88 Å². The first kappa shape index (κ1) is 13.6. The molecule has 0 aliphatic carbocycles. The van der Waals surface area contributed by atoms with Crippen molar-refractivity contribution in [2.45, 2.75) is 32.7 Å². The van der Waals surface area contributed by atoms with Crippen molar-refractivity contribution in [2.24, 2.45) is 5.92 Å². The van der Waals surface area contributed by atoms with Gasteiger partial charge in [0.2, 0.25) is 5.91 Å². The van der Waals surface area contributed by atoms with E-state index in [1.807, 2.05) is 11.0 Å². The van der Waals surface area contributed by atoms with Gasteiger partial charge in [-0.3, -0.25) is 4.79 Å². The number of hydrogen-bond acceptors (Lipinski definition) is 2. The second-order valence-corrected chi connectivity index (χ2v) is 5.46. The first-order chi connectivity index (χ1) is 8.60. The third kappa shape index (κ3) is 3.15. The molecule has 98 valence electrons. The van der Waals surface area contributed by atoms with Gasteiger partial charge >= 0.3 is 0 Å². The molecule has 0 bridgehead atoms. The monoisotopic (exact) mass is 286 g/mol. The summed E-state index contributed by atoms with van der Waals surface area (Å²) in [6.45, 7) is 3.50. The van der Waals surface area contributed by atoms with Crippen molar-refractivity contribution in [1.29, 1.82) is 0 Å². The predicted molar refractivity (Wildman–Crippen MR) is 72.7 cm³/mol. The molecule has 18 heavy (non-hydrogen) atoms. The van der Waals surface area contributed by atoms with Crippen LogP contribution in [0.1, 0.15) is 31.7 Å². The summed E-state index contributed by atoms with van der Waals surface area (Å²) >= 11 is 11.8. The second-order valence-electron chi connectivity index (χ2n) is 4.72. The van der Waals surface area contributed by atoms with E-state index in [4.69, 9.17) is 23.2 Å². The number of rotatable bonds is 4. The van der Waals surface area contributed by atoms with E-state index in [0.29, 0.717) is 29.2 Å². The van der Waals surface area contributed by atoms with Gasteiger partial charge in [-0.25, -0.2) is 4.98 Å². The van der Waals surface area contributed by atoms with Crippen molar-refractivity contribution in [3.63, 3.8) is 0 Å². The zero-order chi connectivity index (χ0) is 13.1. The average molecular weight is 287 g/mol. The largest absolute Gasteiger partial charge is 0.338 e. The smallest absolute Gasteiger partial charge is 0.223 e. The van der Waals surface area contributed by atoms with Crippen LogP contribution < -0.4 is 0 Å². The maximum absolute atomic E-state index is 11.9. The van der Waals surface area contributed by atoms with Gasteiger partial charge in [-0.05, 0) is 18.4 Å². The fourth-order valence-corrected chi connectivity index (χ4v) is 2.78. The third-order valence-corrected chi connectivity index (χ3v) is 3.78.